The fraction of sp³-hybridized carbons (Fsp3) is 0.586. The summed E-state index contributed by atoms with van der Waals surface area (Å²) >= 11 is 0. The number of benzene rings is 2. The summed E-state index contributed by atoms with van der Waals surface area (Å²) in [6.07, 6.45) is 4.15. The van der Waals surface area contributed by atoms with Crippen LogP contribution in [0.1, 0.15) is 57.6 Å². The molecule has 1 saturated carbocycles. The van der Waals surface area contributed by atoms with Crippen LogP contribution >= 0.6 is 0 Å². The van der Waals surface area contributed by atoms with Crippen LogP contribution in [0.25, 0.3) is 0 Å². The maximum absolute atomic E-state index is 6.79. The molecule has 2 aliphatic rings. The van der Waals surface area contributed by atoms with Crippen molar-refractivity contribution in [1.82, 2.24) is 0 Å². The minimum absolute atomic E-state index is 0.0133. The third-order valence-corrected chi connectivity index (χ3v) is 7.06. The topological polar surface area (TPSA) is 36.9 Å². The average Bonchev–Trinajstić information content (AvgIpc) is 2.80. The molecular weight excluding hydrogens is 412 g/mol. The van der Waals surface area contributed by atoms with Gasteiger partial charge in [0.2, 0.25) is 0 Å². The van der Waals surface area contributed by atoms with Crippen LogP contribution in [0, 0.1) is 17.8 Å². The molecule has 0 radical (unpaired) electrons. The fourth-order valence-corrected chi connectivity index (χ4v) is 5.49. The van der Waals surface area contributed by atoms with E-state index in [0.717, 1.165) is 19.3 Å². The van der Waals surface area contributed by atoms with E-state index >= 15 is 0 Å². The molecular formula is C29H40O4. The highest BCUT2D eigenvalue weighted by Gasteiger charge is 2.51. The molecule has 1 heterocycles. The summed E-state index contributed by atoms with van der Waals surface area (Å²) in [5, 5.41) is 0. The summed E-state index contributed by atoms with van der Waals surface area (Å²) in [5.41, 5.74) is 2.38. The van der Waals surface area contributed by atoms with Gasteiger partial charge in [-0.2, -0.15) is 0 Å². The van der Waals surface area contributed by atoms with Crippen molar-refractivity contribution in [2.24, 2.45) is 17.8 Å². The molecule has 4 nitrogen and oxygen atoms in total. The molecule has 4 heteroatoms. The lowest BCUT2D eigenvalue weighted by molar-refractivity contribution is -0.367. The normalized spacial score (nSPS) is 30.1. The van der Waals surface area contributed by atoms with Crippen LogP contribution < -0.4 is 0 Å². The predicted molar refractivity (Wildman–Crippen MR) is 131 cm³/mol. The van der Waals surface area contributed by atoms with E-state index in [-0.39, 0.29) is 12.2 Å². The number of ether oxygens (including phenoxy) is 4. The van der Waals surface area contributed by atoms with Crippen LogP contribution in [0.4, 0.5) is 0 Å². The summed E-state index contributed by atoms with van der Waals surface area (Å²) < 4.78 is 25.8. The quantitative estimate of drug-likeness (QED) is 0.442. The Morgan fingerprint density at radius 1 is 0.818 bits per heavy atom. The molecule has 0 bridgehead atoms. The van der Waals surface area contributed by atoms with E-state index in [1.165, 1.54) is 17.5 Å². The van der Waals surface area contributed by atoms with Crippen LogP contribution in [-0.4, -0.2) is 31.2 Å². The largest absolute Gasteiger partial charge is 0.374 e. The molecule has 1 aliphatic heterocycles. The summed E-state index contributed by atoms with van der Waals surface area (Å²) in [5.74, 6) is 0.954. The molecule has 0 aromatic heterocycles. The minimum Gasteiger partial charge on any atom is -0.374 e. The Morgan fingerprint density at radius 2 is 1.33 bits per heavy atom. The standard InChI is InChI=1S/C29H40O4/c1-22(2)28-15-14-23(3)17-29(28)32-26(20-30-18-24-10-6-4-7-11-24)16-27(33-29)21-31-19-25-12-8-5-9-13-25/h4-13,22-23,26-28H,14-21H2,1-3H3/t23-,26-,27+,28+,29?/m1/s1. The molecule has 1 spiro atoms. The number of rotatable bonds is 9. The molecule has 180 valence electrons. The van der Waals surface area contributed by atoms with Crippen molar-refractivity contribution in [2.75, 3.05) is 13.2 Å². The molecule has 1 saturated heterocycles. The molecule has 5 atom stereocenters. The zero-order chi connectivity index (χ0) is 23.1. The molecule has 2 fully saturated rings. The molecule has 33 heavy (non-hydrogen) atoms. The first kappa shape index (κ1) is 24.4. The molecule has 1 aliphatic carbocycles. The van der Waals surface area contributed by atoms with Crippen LogP contribution in [0.5, 0.6) is 0 Å². The second-order valence-corrected chi connectivity index (χ2v) is 10.3. The average molecular weight is 453 g/mol. The maximum Gasteiger partial charge on any atom is 0.172 e. The van der Waals surface area contributed by atoms with Gasteiger partial charge in [0.25, 0.3) is 0 Å². The molecule has 0 N–H and O–H groups in total. The van der Waals surface area contributed by atoms with Crippen molar-refractivity contribution in [3.63, 3.8) is 0 Å². The minimum atomic E-state index is -0.536. The van der Waals surface area contributed by atoms with Crippen molar-refractivity contribution in [3.05, 3.63) is 71.8 Å². The zero-order valence-electron chi connectivity index (χ0n) is 20.5. The number of hydrogen-bond donors (Lipinski definition) is 0. The van der Waals surface area contributed by atoms with Gasteiger partial charge in [0, 0.05) is 18.8 Å². The van der Waals surface area contributed by atoms with E-state index in [0.29, 0.717) is 44.2 Å². The van der Waals surface area contributed by atoms with E-state index in [9.17, 15) is 0 Å². The summed E-state index contributed by atoms with van der Waals surface area (Å²) in [7, 11) is 0. The highest BCUT2D eigenvalue weighted by molar-refractivity contribution is 5.14. The monoisotopic (exact) mass is 452 g/mol. The van der Waals surface area contributed by atoms with E-state index < -0.39 is 5.79 Å². The van der Waals surface area contributed by atoms with Gasteiger partial charge in [-0.15, -0.1) is 0 Å². The smallest absolute Gasteiger partial charge is 0.172 e. The van der Waals surface area contributed by atoms with E-state index in [2.05, 4.69) is 69.3 Å². The van der Waals surface area contributed by atoms with Crippen LogP contribution in [0.15, 0.2) is 60.7 Å². The molecule has 0 amide bonds. The molecule has 4 rings (SSSR count). The van der Waals surface area contributed by atoms with Gasteiger partial charge in [-0.3, -0.25) is 0 Å². The SMILES string of the molecule is CC(C)[C@@H]1CC[C@@H](C)CC12O[C@H](COCc1ccccc1)C[C@H](COCc1ccccc1)O2. The predicted octanol–water partition coefficient (Wildman–Crippen LogP) is 6.38. The highest BCUT2D eigenvalue weighted by atomic mass is 16.7. The van der Waals surface area contributed by atoms with Gasteiger partial charge < -0.3 is 18.9 Å². The Labute approximate surface area is 199 Å². The summed E-state index contributed by atoms with van der Waals surface area (Å²) in [4.78, 5) is 0. The van der Waals surface area contributed by atoms with E-state index in [4.69, 9.17) is 18.9 Å². The molecule has 2 aromatic rings. The van der Waals surface area contributed by atoms with E-state index in [1.807, 2.05) is 12.1 Å². The Kier molecular flexibility index (Phi) is 8.59. The first-order valence-electron chi connectivity index (χ1n) is 12.6. The Morgan fingerprint density at radius 3 is 1.82 bits per heavy atom. The summed E-state index contributed by atoms with van der Waals surface area (Å²) in [6, 6.07) is 20.7. The number of hydrogen-bond acceptors (Lipinski definition) is 4. The third kappa shape index (κ3) is 6.66. The first-order chi connectivity index (χ1) is 16.0. The second-order valence-electron chi connectivity index (χ2n) is 10.3. The first-order valence-corrected chi connectivity index (χ1v) is 12.6. The zero-order valence-corrected chi connectivity index (χ0v) is 20.5. The van der Waals surface area contributed by atoms with Crippen molar-refractivity contribution in [3.8, 4) is 0 Å². The van der Waals surface area contributed by atoms with Gasteiger partial charge in [-0.25, -0.2) is 0 Å². The lowest BCUT2D eigenvalue weighted by Gasteiger charge is -2.53. The summed E-state index contributed by atoms with van der Waals surface area (Å²) in [6.45, 7) is 9.28. The fourth-order valence-electron chi connectivity index (χ4n) is 5.49. The lowest BCUT2D eigenvalue weighted by Crippen LogP contribution is -2.58. The van der Waals surface area contributed by atoms with Crippen LogP contribution in [-0.2, 0) is 32.2 Å². The van der Waals surface area contributed by atoms with Crippen molar-refractivity contribution >= 4 is 0 Å². The highest BCUT2D eigenvalue weighted by Crippen LogP contribution is 2.48. The van der Waals surface area contributed by atoms with Crippen LogP contribution in [0.2, 0.25) is 0 Å². The van der Waals surface area contributed by atoms with Gasteiger partial charge >= 0.3 is 0 Å². The van der Waals surface area contributed by atoms with E-state index in [1.54, 1.807) is 0 Å². The molecule has 2 aromatic carbocycles. The Balaban J connectivity index is 1.42. The van der Waals surface area contributed by atoms with Crippen molar-refractivity contribution < 1.29 is 18.9 Å². The van der Waals surface area contributed by atoms with Gasteiger partial charge in [0.15, 0.2) is 5.79 Å². The van der Waals surface area contributed by atoms with Gasteiger partial charge in [0.1, 0.15) is 0 Å². The lowest BCUT2D eigenvalue weighted by atomic mass is 9.72. The van der Waals surface area contributed by atoms with Gasteiger partial charge in [0.05, 0.1) is 38.6 Å². The third-order valence-electron chi connectivity index (χ3n) is 7.06. The van der Waals surface area contributed by atoms with Gasteiger partial charge in [-0.1, -0.05) is 87.9 Å². The van der Waals surface area contributed by atoms with Crippen molar-refractivity contribution in [2.45, 2.75) is 77.7 Å². The second kappa shape index (κ2) is 11.6. The van der Waals surface area contributed by atoms with Crippen molar-refractivity contribution in [1.29, 1.82) is 0 Å². The maximum atomic E-state index is 6.79. The Hall–Kier alpha value is -1.72. The van der Waals surface area contributed by atoms with Crippen LogP contribution in [0.3, 0.4) is 0 Å². The van der Waals surface area contributed by atoms with Gasteiger partial charge in [-0.05, 0) is 29.4 Å². The molecule has 1 unspecified atom stereocenters. The Bertz CT molecular complexity index is 769.